The van der Waals surface area contributed by atoms with E-state index in [-0.39, 0.29) is 30.1 Å². The van der Waals surface area contributed by atoms with Crippen molar-refractivity contribution >= 4 is 41.3 Å². The number of thiazole rings is 1. The first-order valence-corrected chi connectivity index (χ1v) is 9.17. The van der Waals surface area contributed by atoms with E-state index in [0.717, 1.165) is 29.0 Å². The highest BCUT2D eigenvalue weighted by Gasteiger charge is 2.09. The monoisotopic (exact) mass is 490 g/mol. The molecule has 0 aliphatic rings. The van der Waals surface area contributed by atoms with Crippen molar-refractivity contribution in [2.75, 3.05) is 20.2 Å². The van der Waals surface area contributed by atoms with Gasteiger partial charge in [0.1, 0.15) is 11.1 Å². The number of rotatable bonds is 8. The maximum Gasteiger partial charge on any atom is 0.191 e. The van der Waals surface area contributed by atoms with Crippen LogP contribution in [0.5, 0.6) is 11.5 Å². The van der Waals surface area contributed by atoms with E-state index >= 15 is 0 Å². The molecule has 0 bridgehead atoms. The third-order valence-corrected chi connectivity index (χ3v) is 4.24. The molecule has 1 heterocycles. The van der Waals surface area contributed by atoms with E-state index in [9.17, 15) is 0 Å². The van der Waals surface area contributed by atoms with Crippen LogP contribution in [-0.2, 0) is 6.54 Å². The summed E-state index contributed by atoms with van der Waals surface area (Å²) in [7, 11) is 1.64. The zero-order valence-corrected chi connectivity index (χ0v) is 18.8. The molecule has 0 saturated heterocycles. The summed E-state index contributed by atoms with van der Waals surface area (Å²) in [6, 6.07) is 7.64. The number of methoxy groups -OCH3 is 1. The van der Waals surface area contributed by atoms with Crippen LogP contribution in [0.3, 0.4) is 0 Å². The average Bonchev–Trinajstić information content (AvgIpc) is 3.03. The van der Waals surface area contributed by atoms with Crippen LogP contribution in [0.4, 0.5) is 0 Å². The molecule has 0 aliphatic heterocycles. The number of aryl methyl sites for hydroxylation is 1. The summed E-state index contributed by atoms with van der Waals surface area (Å²) >= 11 is 1.67. The largest absolute Gasteiger partial charge is 0.493 e. The molecular weight excluding hydrogens is 463 g/mol. The predicted molar refractivity (Wildman–Crippen MR) is 118 cm³/mol. The van der Waals surface area contributed by atoms with E-state index in [1.54, 1.807) is 18.4 Å². The molecule has 2 N–H and O–H groups in total. The second-order valence-electron chi connectivity index (χ2n) is 5.52. The summed E-state index contributed by atoms with van der Waals surface area (Å²) in [6.45, 7) is 8.08. The van der Waals surface area contributed by atoms with Crippen molar-refractivity contribution in [3.05, 3.63) is 40.3 Å². The normalized spacial score (nSPS) is 12.1. The lowest BCUT2D eigenvalue weighted by atomic mass is 10.3. The Labute approximate surface area is 176 Å². The lowest BCUT2D eigenvalue weighted by Gasteiger charge is -2.18. The van der Waals surface area contributed by atoms with E-state index < -0.39 is 0 Å². The lowest BCUT2D eigenvalue weighted by Crippen LogP contribution is -2.41. The van der Waals surface area contributed by atoms with Gasteiger partial charge < -0.3 is 20.1 Å². The minimum atomic E-state index is -0.0396. The van der Waals surface area contributed by atoms with Crippen molar-refractivity contribution in [2.45, 2.75) is 33.4 Å². The first-order chi connectivity index (χ1) is 12.1. The van der Waals surface area contributed by atoms with Crippen LogP contribution in [0.15, 0.2) is 35.5 Å². The fourth-order valence-electron chi connectivity index (χ4n) is 2.18. The Morgan fingerprint density at radius 2 is 2.00 bits per heavy atom. The molecule has 0 radical (unpaired) electrons. The standard InChI is InChI=1S/C18H26N4O2S.HI/c1-5-19-18(22-12-17-20-11-14(3)25-17)21-10-13(2)24-16-9-7-6-8-15(16)23-4;/h6-9,11,13H,5,10,12H2,1-4H3,(H2,19,21,22);1H. The van der Waals surface area contributed by atoms with Gasteiger partial charge in [0.25, 0.3) is 0 Å². The predicted octanol–water partition coefficient (Wildman–Crippen LogP) is 3.60. The molecule has 2 aromatic rings. The van der Waals surface area contributed by atoms with Gasteiger partial charge in [-0.2, -0.15) is 0 Å². The molecule has 0 aliphatic carbocycles. The molecule has 6 nitrogen and oxygen atoms in total. The molecule has 1 aromatic heterocycles. The molecule has 144 valence electrons. The number of guanidine groups is 1. The summed E-state index contributed by atoms with van der Waals surface area (Å²) in [5.74, 6) is 2.22. The number of ether oxygens (including phenoxy) is 2. The van der Waals surface area contributed by atoms with Crippen molar-refractivity contribution in [1.82, 2.24) is 15.6 Å². The number of aliphatic imine (C=N–C) groups is 1. The number of aromatic nitrogens is 1. The van der Waals surface area contributed by atoms with Gasteiger partial charge in [-0.05, 0) is 32.9 Å². The van der Waals surface area contributed by atoms with Gasteiger partial charge in [0.2, 0.25) is 0 Å². The first kappa shape index (κ1) is 22.5. The van der Waals surface area contributed by atoms with Gasteiger partial charge in [-0.15, -0.1) is 35.3 Å². The van der Waals surface area contributed by atoms with Gasteiger partial charge in [0.15, 0.2) is 17.5 Å². The number of benzene rings is 1. The minimum absolute atomic E-state index is 0. The first-order valence-electron chi connectivity index (χ1n) is 8.35. The van der Waals surface area contributed by atoms with Gasteiger partial charge in [0.05, 0.1) is 20.2 Å². The zero-order chi connectivity index (χ0) is 18.1. The van der Waals surface area contributed by atoms with Gasteiger partial charge in [-0.25, -0.2) is 9.98 Å². The molecular formula is C18H27IN4O2S. The molecule has 0 spiro atoms. The van der Waals surface area contributed by atoms with Crippen molar-refractivity contribution in [3.63, 3.8) is 0 Å². The van der Waals surface area contributed by atoms with Crippen LogP contribution in [-0.4, -0.2) is 37.2 Å². The van der Waals surface area contributed by atoms with Crippen molar-refractivity contribution in [3.8, 4) is 11.5 Å². The molecule has 1 unspecified atom stereocenters. The van der Waals surface area contributed by atoms with Gasteiger partial charge in [-0.1, -0.05) is 12.1 Å². The van der Waals surface area contributed by atoms with Crippen LogP contribution in [0.1, 0.15) is 23.7 Å². The van der Waals surface area contributed by atoms with E-state index in [4.69, 9.17) is 9.47 Å². The van der Waals surface area contributed by atoms with Crippen LogP contribution in [0, 0.1) is 6.92 Å². The third-order valence-electron chi connectivity index (χ3n) is 3.34. The molecule has 1 aromatic carbocycles. The van der Waals surface area contributed by atoms with E-state index in [0.29, 0.717) is 13.1 Å². The highest BCUT2D eigenvalue weighted by Crippen LogP contribution is 2.26. The smallest absolute Gasteiger partial charge is 0.191 e. The molecule has 1 atom stereocenters. The highest BCUT2D eigenvalue weighted by atomic mass is 127. The second-order valence-corrected chi connectivity index (χ2v) is 6.84. The number of para-hydroxylation sites is 2. The SMILES string of the molecule is CCNC(=NCc1ncc(C)s1)NCC(C)Oc1ccccc1OC.I. The Bertz CT molecular complexity index is 693. The summed E-state index contributed by atoms with van der Waals surface area (Å²) in [5, 5.41) is 7.55. The van der Waals surface area contributed by atoms with Crippen molar-refractivity contribution in [2.24, 2.45) is 4.99 Å². The molecule has 8 heteroatoms. The quantitative estimate of drug-likeness (QED) is 0.336. The number of nitrogens with one attached hydrogen (secondary N) is 2. The number of halogens is 1. The van der Waals surface area contributed by atoms with Gasteiger partial charge >= 0.3 is 0 Å². The Morgan fingerprint density at radius 3 is 2.62 bits per heavy atom. The summed E-state index contributed by atoms with van der Waals surface area (Å²) < 4.78 is 11.3. The topological polar surface area (TPSA) is 67.8 Å². The maximum atomic E-state index is 5.95. The Balaban J connectivity index is 0.00000338. The molecule has 2 rings (SSSR count). The van der Waals surface area contributed by atoms with Crippen molar-refractivity contribution < 1.29 is 9.47 Å². The number of hydrogen-bond acceptors (Lipinski definition) is 5. The Morgan fingerprint density at radius 1 is 1.27 bits per heavy atom. The maximum absolute atomic E-state index is 5.95. The van der Waals surface area contributed by atoms with Gasteiger partial charge in [0, 0.05) is 17.6 Å². The van der Waals surface area contributed by atoms with E-state index in [2.05, 4.69) is 20.6 Å². The summed E-state index contributed by atoms with van der Waals surface area (Å²) in [5.41, 5.74) is 0. The average molecular weight is 490 g/mol. The van der Waals surface area contributed by atoms with Crippen molar-refractivity contribution in [1.29, 1.82) is 0 Å². The van der Waals surface area contributed by atoms with E-state index in [1.165, 1.54) is 4.88 Å². The van der Waals surface area contributed by atoms with Crippen LogP contribution in [0.2, 0.25) is 0 Å². The molecule has 0 fully saturated rings. The Hall–Kier alpha value is -1.55. The minimum Gasteiger partial charge on any atom is -0.493 e. The number of hydrogen-bond donors (Lipinski definition) is 2. The van der Waals surface area contributed by atoms with Crippen LogP contribution in [0.25, 0.3) is 0 Å². The third kappa shape index (κ3) is 7.36. The van der Waals surface area contributed by atoms with Crippen LogP contribution < -0.4 is 20.1 Å². The van der Waals surface area contributed by atoms with E-state index in [1.807, 2.05) is 51.2 Å². The fraction of sp³-hybridized carbons (Fsp3) is 0.444. The van der Waals surface area contributed by atoms with Crippen LogP contribution >= 0.6 is 35.3 Å². The Kier molecular flexibility index (Phi) is 10.3. The summed E-state index contributed by atoms with van der Waals surface area (Å²) in [6.07, 6.45) is 1.83. The summed E-state index contributed by atoms with van der Waals surface area (Å²) in [4.78, 5) is 10.1. The highest BCUT2D eigenvalue weighted by molar-refractivity contribution is 14.0. The molecule has 26 heavy (non-hydrogen) atoms. The molecule has 0 amide bonds. The lowest BCUT2D eigenvalue weighted by molar-refractivity contribution is 0.213. The second kappa shape index (κ2) is 11.9. The van der Waals surface area contributed by atoms with Gasteiger partial charge in [-0.3, -0.25) is 0 Å². The number of nitrogens with zero attached hydrogens (tertiary/aromatic N) is 2. The fourth-order valence-corrected chi connectivity index (χ4v) is 2.89. The zero-order valence-electron chi connectivity index (χ0n) is 15.6. The molecule has 0 saturated carbocycles.